The van der Waals surface area contributed by atoms with E-state index in [4.69, 9.17) is 11.6 Å². The van der Waals surface area contributed by atoms with Crippen LogP contribution in [0.15, 0.2) is 24.5 Å². The maximum Gasteiger partial charge on any atom is 0.138 e. The maximum absolute atomic E-state index is 6.18. The molecule has 0 amide bonds. The van der Waals surface area contributed by atoms with Gasteiger partial charge in [0.05, 0.1) is 10.7 Å². The molecule has 0 saturated heterocycles. The normalized spacial score (nSPS) is 10.2. The first-order valence-electron chi connectivity index (χ1n) is 5.64. The zero-order valence-electron chi connectivity index (χ0n) is 10.6. The Balaban J connectivity index is 2.34. The Kier molecular flexibility index (Phi) is 3.67. The van der Waals surface area contributed by atoms with Crippen molar-refractivity contribution in [3.63, 3.8) is 0 Å². The number of benzene rings is 1. The van der Waals surface area contributed by atoms with Gasteiger partial charge in [0.15, 0.2) is 0 Å². The lowest BCUT2D eigenvalue weighted by Gasteiger charge is -2.12. The quantitative estimate of drug-likeness (QED) is 0.888. The van der Waals surface area contributed by atoms with E-state index in [1.807, 2.05) is 39.1 Å². The van der Waals surface area contributed by atoms with E-state index in [-0.39, 0.29) is 0 Å². The first kappa shape index (κ1) is 12.6. The van der Waals surface area contributed by atoms with Crippen molar-refractivity contribution in [2.45, 2.75) is 13.8 Å². The highest BCUT2D eigenvalue weighted by molar-refractivity contribution is 6.33. The summed E-state index contributed by atoms with van der Waals surface area (Å²) in [5.74, 6) is 1.55. The minimum atomic E-state index is 0.680. The predicted molar refractivity (Wildman–Crippen MR) is 75.8 cm³/mol. The fourth-order valence-corrected chi connectivity index (χ4v) is 1.96. The van der Waals surface area contributed by atoms with Crippen molar-refractivity contribution in [3.05, 3.63) is 40.7 Å². The van der Waals surface area contributed by atoms with Crippen LogP contribution in [0.1, 0.15) is 11.1 Å². The number of nitrogens with one attached hydrogen (secondary N) is 2. The van der Waals surface area contributed by atoms with Crippen LogP contribution in [0.5, 0.6) is 0 Å². The van der Waals surface area contributed by atoms with E-state index in [9.17, 15) is 0 Å². The minimum absolute atomic E-state index is 0.680. The van der Waals surface area contributed by atoms with Crippen LogP contribution in [0.4, 0.5) is 17.3 Å². The summed E-state index contributed by atoms with van der Waals surface area (Å²) < 4.78 is 0. The molecule has 18 heavy (non-hydrogen) atoms. The van der Waals surface area contributed by atoms with E-state index < -0.39 is 0 Å². The summed E-state index contributed by atoms with van der Waals surface area (Å²) in [6, 6.07) is 5.86. The standard InChI is InChI=1S/C13H15ClN4/c1-8-4-5-11(10(14)6-8)18-13-9(2)12(15-3)16-7-17-13/h4-7H,1-3H3,(H2,15,16,17,18). The van der Waals surface area contributed by atoms with E-state index in [1.165, 1.54) is 6.33 Å². The monoisotopic (exact) mass is 262 g/mol. The molecule has 2 rings (SSSR count). The fourth-order valence-electron chi connectivity index (χ4n) is 1.68. The molecule has 0 saturated carbocycles. The van der Waals surface area contributed by atoms with Crippen molar-refractivity contribution in [1.29, 1.82) is 0 Å². The summed E-state index contributed by atoms with van der Waals surface area (Å²) in [7, 11) is 1.83. The van der Waals surface area contributed by atoms with Crippen LogP contribution in [-0.2, 0) is 0 Å². The Morgan fingerprint density at radius 1 is 1.11 bits per heavy atom. The molecule has 0 fully saturated rings. The molecule has 5 heteroatoms. The average molecular weight is 263 g/mol. The molecule has 0 radical (unpaired) electrons. The van der Waals surface area contributed by atoms with Crippen molar-refractivity contribution in [2.75, 3.05) is 17.7 Å². The Morgan fingerprint density at radius 2 is 1.83 bits per heavy atom. The second-order valence-electron chi connectivity index (χ2n) is 4.05. The molecule has 0 unspecified atom stereocenters. The third-order valence-electron chi connectivity index (χ3n) is 2.70. The molecule has 1 heterocycles. The van der Waals surface area contributed by atoms with Gasteiger partial charge in [-0.1, -0.05) is 17.7 Å². The van der Waals surface area contributed by atoms with E-state index >= 15 is 0 Å². The van der Waals surface area contributed by atoms with Gasteiger partial charge in [0.1, 0.15) is 18.0 Å². The van der Waals surface area contributed by atoms with Crippen LogP contribution in [0, 0.1) is 13.8 Å². The third-order valence-corrected chi connectivity index (χ3v) is 3.01. The molecule has 0 aliphatic carbocycles. The second-order valence-corrected chi connectivity index (χ2v) is 4.46. The number of anilines is 3. The van der Waals surface area contributed by atoms with E-state index in [0.717, 1.165) is 28.5 Å². The van der Waals surface area contributed by atoms with Gasteiger partial charge in [0.2, 0.25) is 0 Å². The molecule has 0 bridgehead atoms. The van der Waals surface area contributed by atoms with Gasteiger partial charge in [-0.3, -0.25) is 0 Å². The van der Waals surface area contributed by atoms with Crippen molar-refractivity contribution in [1.82, 2.24) is 9.97 Å². The van der Waals surface area contributed by atoms with Crippen LogP contribution < -0.4 is 10.6 Å². The van der Waals surface area contributed by atoms with Gasteiger partial charge in [-0.2, -0.15) is 0 Å². The Bertz CT molecular complexity index is 569. The number of aryl methyl sites for hydroxylation is 1. The highest BCUT2D eigenvalue weighted by Gasteiger charge is 2.07. The summed E-state index contributed by atoms with van der Waals surface area (Å²) in [6.07, 6.45) is 1.52. The number of nitrogens with zero attached hydrogens (tertiary/aromatic N) is 2. The van der Waals surface area contributed by atoms with Gasteiger partial charge in [0.25, 0.3) is 0 Å². The Hall–Kier alpha value is -1.81. The number of halogens is 1. The van der Waals surface area contributed by atoms with E-state index in [0.29, 0.717) is 5.02 Å². The Morgan fingerprint density at radius 3 is 2.50 bits per heavy atom. The summed E-state index contributed by atoms with van der Waals surface area (Å²) in [4.78, 5) is 8.37. The lowest BCUT2D eigenvalue weighted by molar-refractivity contribution is 1.12. The van der Waals surface area contributed by atoms with Crippen LogP contribution in [0.2, 0.25) is 5.02 Å². The van der Waals surface area contributed by atoms with Crippen LogP contribution >= 0.6 is 11.6 Å². The van der Waals surface area contributed by atoms with Crippen LogP contribution in [0.3, 0.4) is 0 Å². The lowest BCUT2D eigenvalue weighted by Crippen LogP contribution is -2.02. The molecule has 2 aromatic rings. The van der Waals surface area contributed by atoms with Crippen molar-refractivity contribution >= 4 is 28.9 Å². The van der Waals surface area contributed by atoms with E-state index in [2.05, 4.69) is 20.6 Å². The van der Waals surface area contributed by atoms with Gasteiger partial charge >= 0.3 is 0 Å². The van der Waals surface area contributed by atoms with E-state index in [1.54, 1.807) is 0 Å². The molecule has 94 valence electrons. The molecular weight excluding hydrogens is 248 g/mol. The molecular formula is C13H15ClN4. The number of aromatic nitrogens is 2. The molecule has 0 atom stereocenters. The SMILES string of the molecule is CNc1ncnc(Nc2ccc(C)cc2Cl)c1C. The summed E-state index contributed by atoms with van der Waals surface area (Å²) in [6.45, 7) is 3.96. The number of hydrogen-bond acceptors (Lipinski definition) is 4. The maximum atomic E-state index is 6.18. The summed E-state index contributed by atoms with van der Waals surface area (Å²) in [5, 5.41) is 6.92. The summed E-state index contributed by atoms with van der Waals surface area (Å²) in [5.41, 5.74) is 2.92. The Labute approximate surface area is 111 Å². The zero-order chi connectivity index (χ0) is 13.1. The van der Waals surface area contributed by atoms with Crippen molar-refractivity contribution in [3.8, 4) is 0 Å². The zero-order valence-corrected chi connectivity index (χ0v) is 11.3. The third kappa shape index (κ3) is 2.54. The predicted octanol–water partition coefficient (Wildman–Crippen LogP) is 3.53. The van der Waals surface area contributed by atoms with Gasteiger partial charge in [-0.15, -0.1) is 0 Å². The second kappa shape index (κ2) is 5.23. The van der Waals surface area contributed by atoms with Gasteiger partial charge in [-0.05, 0) is 31.5 Å². The first-order chi connectivity index (χ1) is 8.61. The topological polar surface area (TPSA) is 49.8 Å². The first-order valence-corrected chi connectivity index (χ1v) is 6.02. The molecule has 4 nitrogen and oxygen atoms in total. The fraction of sp³-hybridized carbons (Fsp3) is 0.231. The molecule has 0 aliphatic heterocycles. The van der Waals surface area contributed by atoms with Crippen molar-refractivity contribution < 1.29 is 0 Å². The smallest absolute Gasteiger partial charge is 0.138 e. The van der Waals surface area contributed by atoms with Gasteiger partial charge in [-0.25, -0.2) is 9.97 Å². The average Bonchev–Trinajstić information content (AvgIpc) is 2.35. The largest absolute Gasteiger partial charge is 0.373 e. The highest BCUT2D eigenvalue weighted by Crippen LogP contribution is 2.28. The van der Waals surface area contributed by atoms with Crippen LogP contribution in [-0.4, -0.2) is 17.0 Å². The van der Waals surface area contributed by atoms with Crippen molar-refractivity contribution in [2.24, 2.45) is 0 Å². The number of rotatable bonds is 3. The molecule has 2 N–H and O–H groups in total. The van der Waals surface area contributed by atoms with Gasteiger partial charge < -0.3 is 10.6 Å². The molecule has 0 spiro atoms. The lowest BCUT2D eigenvalue weighted by atomic mass is 10.2. The molecule has 0 aliphatic rings. The van der Waals surface area contributed by atoms with Crippen LogP contribution in [0.25, 0.3) is 0 Å². The molecule has 1 aromatic carbocycles. The van der Waals surface area contributed by atoms with Gasteiger partial charge in [0, 0.05) is 12.6 Å². The highest BCUT2D eigenvalue weighted by atomic mass is 35.5. The molecule has 1 aromatic heterocycles. The number of hydrogen-bond donors (Lipinski definition) is 2. The summed E-state index contributed by atoms with van der Waals surface area (Å²) >= 11 is 6.18. The minimum Gasteiger partial charge on any atom is -0.373 e.